The monoisotopic (exact) mass is 309 g/mol. The fraction of sp³-hybridized carbons (Fsp3) is 0.667. The van der Waals surface area contributed by atoms with Crippen LogP contribution in [0.15, 0.2) is 17.5 Å². The van der Waals surface area contributed by atoms with Crippen molar-refractivity contribution < 1.29 is 9.53 Å². The van der Waals surface area contributed by atoms with Crippen molar-refractivity contribution in [1.82, 2.24) is 15.1 Å². The van der Waals surface area contributed by atoms with Crippen LogP contribution in [-0.4, -0.2) is 61.6 Å². The molecule has 1 N–H and O–H groups in total. The minimum Gasteiger partial charge on any atom is -0.378 e. The lowest BCUT2D eigenvalue weighted by Gasteiger charge is -2.23. The lowest BCUT2D eigenvalue weighted by atomic mass is 10.3. The number of carbonyl (C=O) groups excluding carboxylic acids is 1. The molecule has 21 heavy (non-hydrogen) atoms. The zero-order valence-electron chi connectivity index (χ0n) is 12.7. The first-order valence-electron chi connectivity index (χ1n) is 7.47. The topological polar surface area (TPSA) is 44.8 Å². The summed E-state index contributed by atoms with van der Waals surface area (Å²) in [6.45, 7) is 2.87. The molecule has 2 fully saturated rings. The van der Waals surface area contributed by atoms with Crippen LogP contribution in [0.3, 0.4) is 0 Å². The molecule has 0 radical (unpaired) electrons. The predicted molar refractivity (Wildman–Crippen MR) is 83.2 cm³/mol. The maximum Gasteiger partial charge on any atom is 0.244 e. The van der Waals surface area contributed by atoms with Crippen molar-refractivity contribution in [3.63, 3.8) is 0 Å². The van der Waals surface area contributed by atoms with E-state index in [0.717, 1.165) is 19.4 Å². The standard InChI is InChI=1S/C15H23N3O2S/c1-17(2)7-9-20-10-8-18-13(12-4-3-11-21-12)16-15(5-6-15)14(18)19/h3-4,11,13,16H,5-10H2,1-2H3. The molecule has 1 atom stereocenters. The lowest BCUT2D eigenvalue weighted by molar-refractivity contribution is -0.131. The number of carbonyl (C=O) groups is 1. The molecule has 1 aliphatic carbocycles. The second-order valence-corrected chi connectivity index (χ2v) is 7.04. The molecule has 1 unspecified atom stereocenters. The van der Waals surface area contributed by atoms with Crippen LogP contribution >= 0.6 is 11.3 Å². The van der Waals surface area contributed by atoms with Crippen molar-refractivity contribution in [2.24, 2.45) is 0 Å². The van der Waals surface area contributed by atoms with Crippen molar-refractivity contribution in [3.8, 4) is 0 Å². The first-order chi connectivity index (χ1) is 10.1. The highest BCUT2D eigenvalue weighted by molar-refractivity contribution is 7.10. The summed E-state index contributed by atoms with van der Waals surface area (Å²) in [5, 5.41) is 5.59. The van der Waals surface area contributed by atoms with Gasteiger partial charge in [-0.3, -0.25) is 10.1 Å². The minimum atomic E-state index is -0.266. The molecule has 5 nitrogen and oxygen atoms in total. The first-order valence-corrected chi connectivity index (χ1v) is 8.35. The molecule has 1 aliphatic heterocycles. The van der Waals surface area contributed by atoms with Crippen LogP contribution in [0.2, 0.25) is 0 Å². The average molecular weight is 309 g/mol. The van der Waals surface area contributed by atoms with Crippen molar-refractivity contribution >= 4 is 17.2 Å². The van der Waals surface area contributed by atoms with E-state index in [1.165, 1.54) is 4.88 Å². The van der Waals surface area contributed by atoms with Crippen LogP contribution in [0.25, 0.3) is 0 Å². The molecule has 3 rings (SSSR count). The number of hydrogen-bond donors (Lipinski definition) is 1. The van der Waals surface area contributed by atoms with E-state index < -0.39 is 0 Å². The quantitative estimate of drug-likeness (QED) is 0.771. The Bertz CT molecular complexity index is 485. The van der Waals surface area contributed by atoms with Crippen molar-refractivity contribution in [1.29, 1.82) is 0 Å². The fourth-order valence-electron chi connectivity index (χ4n) is 2.69. The summed E-state index contributed by atoms with van der Waals surface area (Å²) >= 11 is 1.70. The van der Waals surface area contributed by atoms with E-state index in [2.05, 4.69) is 21.7 Å². The molecule has 0 aromatic carbocycles. The number of rotatable bonds is 7. The summed E-state index contributed by atoms with van der Waals surface area (Å²) in [6.07, 6.45) is 1.95. The van der Waals surface area contributed by atoms with Gasteiger partial charge in [-0.15, -0.1) is 11.3 Å². The molecule has 1 aromatic heterocycles. The number of nitrogens with one attached hydrogen (secondary N) is 1. The van der Waals surface area contributed by atoms with Crippen LogP contribution in [-0.2, 0) is 9.53 Å². The van der Waals surface area contributed by atoms with Crippen molar-refractivity contribution in [2.75, 3.05) is 40.4 Å². The van der Waals surface area contributed by atoms with E-state index in [9.17, 15) is 4.79 Å². The van der Waals surface area contributed by atoms with Crippen LogP contribution in [0.4, 0.5) is 0 Å². The van der Waals surface area contributed by atoms with Gasteiger partial charge in [0.2, 0.25) is 5.91 Å². The summed E-state index contributed by atoms with van der Waals surface area (Å²) in [4.78, 5) is 17.8. The largest absolute Gasteiger partial charge is 0.378 e. The molecule has 1 aromatic rings. The molecule has 1 spiro atoms. The van der Waals surface area contributed by atoms with Crippen molar-refractivity contribution in [2.45, 2.75) is 24.5 Å². The van der Waals surface area contributed by atoms with Gasteiger partial charge in [-0.1, -0.05) is 6.07 Å². The van der Waals surface area contributed by atoms with Gasteiger partial charge in [0.05, 0.1) is 13.2 Å². The normalized spacial score (nSPS) is 23.5. The van der Waals surface area contributed by atoms with Gasteiger partial charge in [-0.2, -0.15) is 0 Å². The SMILES string of the molecule is CN(C)CCOCCN1C(=O)C2(CC2)NC1c1cccs1. The molecule has 1 saturated carbocycles. The molecule has 0 bridgehead atoms. The van der Waals surface area contributed by atoms with E-state index >= 15 is 0 Å². The zero-order chi connectivity index (χ0) is 14.9. The highest BCUT2D eigenvalue weighted by Gasteiger charge is 2.59. The van der Waals surface area contributed by atoms with Crippen LogP contribution in [0, 0.1) is 0 Å². The van der Waals surface area contributed by atoms with E-state index in [0.29, 0.717) is 19.8 Å². The second-order valence-electron chi connectivity index (χ2n) is 6.06. The lowest BCUT2D eigenvalue weighted by Crippen LogP contribution is -2.34. The Morgan fingerprint density at radius 2 is 2.29 bits per heavy atom. The number of thiophene rings is 1. The molecule has 6 heteroatoms. The van der Waals surface area contributed by atoms with E-state index in [1.54, 1.807) is 11.3 Å². The first kappa shape index (κ1) is 15.0. The Balaban J connectivity index is 1.57. The third-order valence-corrected chi connectivity index (χ3v) is 5.04. The van der Waals surface area contributed by atoms with Gasteiger partial charge in [0, 0.05) is 18.0 Å². The number of amides is 1. The summed E-state index contributed by atoms with van der Waals surface area (Å²) in [6, 6.07) is 4.13. The maximum atomic E-state index is 12.6. The Labute approximate surface area is 129 Å². The van der Waals surface area contributed by atoms with Gasteiger partial charge in [0.1, 0.15) is 11.7 Å². The second kappa shape index (κ2) is 6.04. The van der Waals surface area contributed by atoms with Gasteiger partial charge in [0.15, 0.2) is 0 Å². The summed E-state index contributed by atoms with van der Waals surface area (Å²) in [5.74, 6) is 0.247. The van der Waals surface area contributed by atoms with Crippen LogP contribution in [0.1, 0.15) is 23.9 Å². The average Bonchev–Trinajstić information content (AvgIpc) is 2.93. The highest BCUT2D eigenvalue weighted by Crippen LogP contribution is 2.46. The van der Waals surface area contributed by atoms with Gasteiger partial charge in [-0.05, 0) is 38.4 Å². The van der Waals surface area contributed by atoms with Crippen LogP contribution in [0.5, 0.6) is 0 Å². The molecule has 1 saturated heterocycles. The third-order valence-electron chi connectivity index (χ3n) is 4.12. The van der Waals surface area contributed by atoms with Gasteiger partial charge in [-0.25, -0.2) is 0 Å². The van der Waals surface area contributed by atoms with Gasteiger partial charge >= 0.3 is 0 Å². The number of ether oxygens (including phenoxy) is 1. The summed E-state index contributed by atoms with van der Waals surface area (Å²) < 4.78 is 5.65. The van der Waals surface area contributed by atoms with Gasteiger partial charge in [0.25, 0.3) is 0 Å². The molecule has 1 amide bonds. The predicted octanol–water partition coefficient (Wildman–Crippen LogP) is 1.29. The number of likely N-dealkylation sites (N-methyl/N-ethyl adjacent to an activating group) is 1. The molecular weight excluding hydrogens is 286 g/mol. The maximum absolute atomic E-state index is 12.6. The summed E-state index contributed by atoms with van der Waals surface area (Å²) in [5.41, 5.74) is -0.266. The molecular formula is C15H23N3O2S. The zero-order valence-corrected chi connectivity index (χ0v) is 13.5. The van der Waals surface area contributed by atoms with E-state index in [1.807, 2.05) is 25.1 Å². The Kier molecular flexibility index (Phi) is 4.31. The van der Waals surface area contributed by atoms with Crippen molar-refractivity contribution in [3.05, 3.63) is 22.4 Å². The Morgan fingerprint density at radius 3 is 2.90 bits per heavy atom. The van der Waals surface area contributed by atoms with Gasteiger partial charge < -0.3 is 14.5 Å². The molecule has 116 valence electrons. The molecule has 2 heterocycles. The Morgan fingerprint density at radius 1 is 1.48 bits per heavy atom. The highest BCUT2D eigenvalue weighted by atomic mass is 32.1. The smallest absolute Gasteiger partial charge is 0.244 e. The van der Waals surface area contributed by atoms with E-state index in [-0.39, 0.29) is 17.6 Å². The van der Waals surface area contributed by atoms with E-state index in [4.69, 9.17) is 4.74 Å². The minimum absolute atomic E-state index is 0.0254. The number of nitrogens with zero attached hydrogens (tertiary/aromatic N) is 2. The third kappa shape index (κ3) is 3.13. The Hall–Kier alpha value is -0.950. The summed E-state index contributed by atoms with van der Waals surface area (Å²) in [7, 11) is 4.06. The van der Waals surface area contributed by atoms with Crippen LogP contribution < -0.4 is 5.32 Å². The molecule has 2 aliphatic rings. The fourth-order valence-corrected chi connectivity index (χ4v) is 3.48. The number of hydrogen-bond acceptors (Lipinski definition) is 5.